The Hall–Kier alpha value is -1.80. The fraction of sp³-hybridized carbons (Fsp3) is 0.0833. The Kier molecular flexibility index (Phi) is 4.46. The molecule has 0 saturated heterocycles. The molecule has 0 aliphatic heterocycles. The highest BCUT2D eigenvalue weighted by Gasteiger charge is 2.15. The van der Waals surface area contributed by atoms with Crippen LogP contribution in [0.4, 0.5) is 9.52 Å². The summed E-state index contributed by atoms with van der Waals surface area (Å²) in [7, 11) is 1.25. The van der Waals surface area contributed by atoms with Gasteiger partial charge in [0.1, 0.15) is 10.7 Å². The zero-order chi connectivity index (χ0) is 14.7. The summed E-state index contributed by atoms with van der Waals surface area (Å²) in [6.07, 6.45) is 1.30. The number of thiazole rings is 1. The average Bonchev–Trinajstić information content (AvgIpc) is 2.89. The molecule has 0 aliphatic carbocycles. The number of rotatable bonds is 3. The molecular formula is C12H8BrFN2O3S. The van der Waals surface area contributed by atoms with Crippen molar-refractivity contribution in [3.63, 3.8) is 0 Å². The molecule has 0 radical (unpaired) electrons. The van der Waals surface area contributed by atoms with E-state index >= 15 is 0 Å². The van der Waals surface area contributed by atoms with E-state index in [1.54, 1.807) is 0 Å². The third-order valence-corrected chi connectivity index (χ3v) is 3.87. The van der Waals surface area contributed by atoms with E-state index in [4.69, 9.17) is 0 Å². The van der Waals surface area contributed by atoms with Crippen LogP contribution in [-0.2, 0) is 4.74 Å². The van der Waals surface area contributed by atoms with Crippen LogP contribution in [0, 0.1) is 5.82 Å². The first-order valence-electron chi connectivity index (χ1n) is 5.32. The molecule has 1 aromatic heterocycles. The van der Waals surface area contributed by atoms with E-state index < -0.39 is 17.7 Å². The molecule has 0 spiro atoms. The van der Waals surface area contributed by atoms with E-state index in [0.717, 1.165) is 17.4 Å². The van der Waals surface area contributed by atoms with Gasteiger partial charge in [-0.2, -0.15) is 0 Å². The van der Waals surface area contributed by atoms with Crippen molar-refractivity contribution in [2.24, 2.45) is 0 Å². The van der Waals surface area contributed by atoms with E-state index in [9.17, 15) is 14.0 Å². The molecule has 0 saturated carbocycles. The zero-order valence-corrected chi connectivity index (χ0v) is 12.5. The molecule has 1 aromatic carbocycles. The second-order valence-corrected chi connectivity index (χ2v) is 5.48. The molecule has 1 N–H and O–H groups in total. The van der Waals surface area contributed by atoms with E-state index in [-0.39, 0.29) is 15.6 Å². The Morgan fingerprint density at radius 3 is 2.90 bits per heavy atom. The molecular weight excluding hydrogens is 351 g/mol. The number of halogens is 2. The number of benzene rings is 1. The maximum atomic E-state index is 13.1. The highest BCUT2D eigenvalue weighted by molar-refractivity contribution is 9.10. The van der Waals surface area contributed by atoms with Gasteiger partial charge in [0, 0.05) is 4.47 Å². The summed E-state index contributed by atoms with van der Waals surface area (Å²) in [5.74, 6) is -1.58. The first-order valence-corrected chi connectivity index (χ1v) is 6.92. The number of hydrogen-bond acceptors (Lipinski definition) is 5. The van der Waals surface area contributed by atoms with Crippen LogP contribution in [0.2, 0.25) is 0 Å². The van der Waals surface area contributed by atoms with Crippen LogP contribution in [0.25, 0.3) is 0 Å². The zero-order valence-electron chi connectivity index (χ0n) is 10.1. The van der Waals surface area contributed by atoms with Gasteiger partial charge in [0.05, 0.1) is 18.9 Å². The number of aromatic nitrogens is 1. The second-order valence-electron chi connectivity index (χ2n) is 3.60. The number of hydrogen-bond donors (Lipinski definition) is 1. The molecule has 5 nitrogen and oxygen atoms in total. The maximum absolute atomic E-state index is 13.1. The fourth-order valence-corrected chi connectivity index (χ4v) is 2.52. The predicted molar refractivity (Wildman–Crippen MR) is 75.5 cm³/mol. The van der Waals surface area contributed by atoms with Crippen LogP contribution in [0.1, 0.15) is 20.0 Å². The van der Waals surface area contributed by atoms with Crippen LogP contribution >= 0.6 is 27.3 Å². The fourth-order valence-electron chi connectivity index (χ4n) is 1.36. The van der Waals surface area contributed by atoms with Gasteiger partial charge in [-0.1, -0.05) is 11.3 Å². The number of esters is 1. The third kappa shape index (κ3) is 3.20. The van der Waals surface area contributed by atoms with Crippen molar-refractivity contribution in [3.8, 4) is 0 Å². The van der Waals surface area contributed by atoms with Crippen molar-refractivity contribution in [1.82, 2.24) is 4.98 Å². The molecule has 1 amide bonds. The van der Waals surface area contributed by atoms with Crippen LogP contribution in [0.5, 0.6) is 0 Å². The minimum atomic E-state index is -0.532. The lowest BCUT2D eigenvalue weighted by molar-refractivity contribution is 0.0606. The lowest BCUT2D eigenvalue weighted by Gasteiger charge is -2.04. The number of nitrogens with zero attached hydrogens (tertiary/aromatic N) is 1. The smallest absolute Gasteiger partial charge is 0.349 e. The van der Waals surface area contributed by atoms with Gasteiger partial charge < -0.3 is 4.74 Å². The van der Waals surface area contributed by atoms with E-state index in [1.807, 2.05) is 0 Å². The lowest BCUT2D eigenvalue weighted by atomic mass is 10.2. The molecule has 1 heterocycles. The Morgan fingerprint density at radius 2 is 2.20 bits per heavy atom. The maximum Gasteiger partial charge on any atom is 0.349 e. The Bertz CT molecular complexity index is 674. The van der Waals surface area contributed by atoms with Gasteiger partial charge in [0.2, 0.25) is 0 Å². The number of carbonyl (C=O) groups excluding carboxylic acids is 2. The summed E-state index contributed by atoms with van der Waals surface area (Å²) in [4.78, 5) is 27.4. The first-order chi connectivity index (χ1) is 9.51. The summed E-state index contributed by atoms with van der Waals surface area (Å²) in [5.41, 5.74) is 0.139. The molecule has 0 fully saturated rings. The molecule has 20 heavy (non-hydrogen) atoms. The third-order valence-electron chi connectivity index (χ3n) is 2.29. The van der Waals surface area contributed by atoms with Crippen LogP contribution in [-0.4, -0.2) is 24.0 Å². The van der Waals surface area contributed by atoms with Gasteiger partial charge in [-0.25, -0.2) is 14.2 Å². The van der Waals surface area contributed by atoms with Gasteiger partial charge in [-0.15, -0.1) is 0 Å². The molecule has 104 valence electrons. The number of methoxy groups -OCH3 is 1. The molecule has 0 atom stereocenters. The summed E-state index contributed by atoms with van der Waals surface area (Å²) in [6, 6.07) is 3.78. The largest absolute Gasteiger partial charge is 0.465 e. The van der Waals surface area contributed by atoms with Crippen LogP contribution in [0.15, 0.2) is 28.9 Å². The number of amides is 1. The topological polar surface area (TPSA) is 68.3 Å². The minimum absolute atomic E-state index is 0.139. The van der Waals surface area contributed by atoms with Crippen molar-refractivity contribution < 1.29 is 18.7 Å². The molecule has 0 unspecified atom stereocenters. The number of carbonyl (C=O) groups is 2. The Labute approximate surface area is 125 Å². The Morgan fingerprint density at radius 1 is 1.45 bits per heavy atom. The normalized spacial score (nSPS) is 10.2. The summed E-state index contributed by atoms with van der Waals surface area (Å²) < 4.78 is 18.1. The minimum Gasteiger partial charge on any atom is -0.465 e. The highest BCUT2D eigenvalue weighted by atomic mass is 79.9. The Balaban J connectivity index is 2.17. The second kappa shape index (κ2) is 6.10. The van der Waals surface area contributed by atoms with Crippen LogP contribution in [0.3, 0.4) is 0 Å². The predicted octanol–water partition coefficient (Wildman–Crippen LogP) is 3.08. The summed E-state index contributed by atoms with van der Waals surface area (Å²) >= 11 is 4.14. The highest BCUT2D eigenvalue weighted by Crippen LogP contribution is 2.22. The number of anilines is 1. The van der Waals surface area contributed by atoms with Gasteiger partial charge in [0.15, 0.2) is 5.13 Å². The standard InChI is InChI=1S/C12H8BrFN2O3S/c1-19-11(18)9-5-15-12(20-9)16-10(17)7-4-6(14)2-3-8(7)13/h2-5H,1H3,(H,15,16,17). The van der Waals surface area contributed by atoms with Crippen molar-refractivity contribution in [3.05, 3.63) is 45.1 Å². The molecule has 0 aliphatic rings. The van der Waals surface area contributed by atoms with E-state index in [1.165, 1.54) is 25.4 Å². The van der Waals surface area contributed by atoms with Gasteiger partial charge in [0.25, 0.3) is 5.91 Å². The first kappa shape index (κ1) is 14.6. The SMILES string of the molecule is COC(=O)c1cnc(NC(=O)c2cc(F)ccc2Br)s1. The van der Waals surface area contributed by atoms with Crippen molar-refractivity contribution in [1.29, 1.82) is 0 Å². The quantitative estimate of drug-likeness (QED) is 0.856. The molecule has 8 heteroatoms. The average molecular weight is 359 g/mol. The lowest BCUT2D eigenvalue weighted by Crippen LogP contribution is -2.12. The van der Waals surface area contributed by atoms with Crippen molar-refractivity contribution >= 4 is 44.3 Å². The van der Waals surface area contributed by atoms with E-state index in [0.29, 0.717) is 4.47 Å². The van der Waals surface area contributed by atoms with E-state index in [2.05, 4.69) is 31.0 Å². The van der Waals surface area contributed by atoms with Gasteiger partial charge >= 0.3 is 5.97 Å². The molecule has 2 aromatic rings. The monoisotopic (exact) mass is 358 g/mol. The van der Waals surface area contributed by atoms with Gasteiger partial charge in [-0.3, -0.25) is 10.1 Å². The number of nitrogens with one attached hydrogen (secondary N) is 1. The molecule has 0 bridgehead atoms. The van der Waals surface area contributed by atoms with Crippen molar-refractivity contribution in [2.45, 2.75) is 0 Å². The molecule has 2 rings (SSSR count). The van der Waals surface area contributed by atoms with Gasteiger partial charge in [-0.05, 0) is 34.1 Å². The van der Waals surface area contributed by atoms with Crippen molar-refractivity contribution in [2.75, 3.05) is 12.4 Å². The summed E-state index contributed by atoms with van der Waals surface area (Å²) in [6.45, 7) is 0. The number of ether oxygens (including phenoxy) is 1. The van der Waals surface area contributed by atoms with Crippen LogP contribution < -0.4 is 5.32 Å². The summed E-state index contributed by atoms with van der Waals surface area (Å²) in [5, 5.41) is 2.72.